The van der Waals surface area contributed by atoms with Crippen molar-refractivity contribution in [3.8, 4) is 0 Å². The third-order valence-corrected chi connectivity index (χ3v) is 5.32. The minimum absolute atomic E-state index is 0.0428. The van der Waals surface area contributed by atoms with Gasteiger partial charge in [-0.25, -0.2) is 4.98 Å². The third-order valence-electron chi connectivity index (χ3n) is 4.37. The second kappa shape index (κ2) is 7.96. The van der Waals surface area contributed by atoms with Crippen LogP contribution in [0, 0.1) is 13.8 Å². The predicted octanol–water partition coefficient (Wildman–Crippen LogP) is 4.33. The number of anilines is 1. The van der Waals surface area contributed by atoms with Crippen molar-refractivity contribution in [1.29, 1.82) is 0 Å². The van der Waals surface area contributed by atoms with Crippen molar-refractivity contribution in [2.45, 2.75) is 38.9 Å². The standard InChI is InChI=1S/C21H23N3O2S/c1-13(2)24-20(26)16-10-5-6-11-17(16)22-21(24)27-12-18(25)23-19-14(3)8-7-9-15(19)4/h5-11,13H,12H2,1-4H3,(H,23,25). The molecule has 0 aliphatic heterocycles. The van der Waals surface area contributed by atoms with Gasteiger partial charge < -0.3 is 5.32 Å². The number of hydrogen-bond acceptors (Lipinski definition) is 4. The summed E-state index contributed by atoms with van der Waals surface area (Å²) >= 11 is 1.28. The number of benzene rings is 2. The number of nitrogens with one attached hydrogen (secondary N) is 1. The van der Waals surface area contributed by atoms with Crippen molar-refractivity contribution in [2.75, 3.05) is 11.1 Å². The number of aryl methyl sites for hydroxylation is 2. The summed E-state index contributed by atoms with van der Waals surface area (Å²) in [6, 6.07) is 13.2. The summed E-state index contributed by atoms with van der Waals surface area (Å²) in [5.74, 6) is 0.0702. The van der Waals surface area contributed by atoms with Crippen molar-refractivity contribution >= 4 is 34.3 Å². The average molecular weight is 382 g/mol. The molecule has 1 aromatic heterocycles. The predicted molar refractivity (Wildman–Crippen MR) is 112 cm³/mol. The molecule has 1 heterocycles. The van der Waals surface area contributed by atoms with E-state index >= 15 is 0 Å². The van der Waals surface area contributed by atoms with E-state index in [9.17, 15) is 9.59 Å². The SMILES string of the molecule is Cc1cccc(C)c1NC(=O)CSc1nc2ccccc2c(=O)n1C(C)C. The molecule has 0 atom stereocenters. The number of amides is 1. The number of rotatable bonds is 5. The summed E-state index contributed by atoms with van der Waals surface area (Å²) in [7, 11) is 0. The smallest absolute Gasteiger partial charge is 0.262 e. The molecule has 0 radical (unpaired) electrons. The molecule has 1 amide bonds. The van der Waals surface area contributed by atoms with Gasteiger partial charge in [-0.15, -0.1) is 0 Å². The number of thioether (sulfide) groups is 1. The largest absolute Gasteiger partial charge is 0.325 e. The number of carbonyl (C=O) groups is 1. The van der Waals surface area contributed by atoms with E-state index in [1.165, 1.54) is 11.8 Å². The molecule has 3 aromatic rings. The van der Waals surface area contributed by atoms with Crippen molar-refractivity contribution < 1.29 is 4.79 Å². The molecule has 5 nitrogen and oxygen atoms in total. The van der Waals surface area contributed by atoms with Crippen LogP contribution < -0.4 is 10.9 Å². The first-order valence-corrected chi connectivity index (χ1v) is 9.87. The van der Waals surface area contributed by atoms with Crippen LogP contribution >= 0.6 is 11.8 Å². The summed E-state index contributed by atoms with van der Waals surface area (Å²) in [5, 5.41) is 4.13. The van der Waals surface area contributed by atoms with Gasteiger partial charge >= 0.3 is 0 Å². The number of aromatic nitrogens is 2. The lowest BCUT2D eigenvalue weighted by Gasteiger charge is -2.16. The van der Waals surface area contributed by atoms with Crippen LogP contribution in [0.4, 0.5) is 5.69 Å². The van der Waals surface area contributed by atoms with E-state index in [0.29, 0.717) is 16.1 Å². The number of hydrogen-bond donors (Lipinski definition) is 1. The van der Waals surface area contributed by atoms with E-state index in [-0.39, 0.29) is 23.3 Å². The van der Waals surface area contributed by atoms with Gasteiger partial charge in [0, 0.05) is 11.7 Å². The Morgan fingerprint density at radius 2 is 1.78 bits per heavy atom. The Labute approximate surface area is 162 Å². The Balaban J connectivity index is 1.85. The molecule has 140 valence electrons. The number of fused-ring (bicyclic) bond motifs is 1. The van der Waals surface area contributed by atoms with Gasteiger partial charge in [-0.1, -0.05) is 42.1 Å². The topological polar surface area (TPSA) is 64.0 Å². The van der Waals surface area contributed by atoms with Crippen LogP contribution in [-0.4, -0.2) is 21.2 Å². The molecule has 0 saturated carbocycles. The fraction of sp³-hybridized carbons (Fsp3) is 0.286. The summed E-state index contributed by atoms with van der Waals surface area (Å²) in [6.07, 6.45) is 0. The highest BCUT2D eigenvalue weighted by molar-refractivity contribution is 7.99. The summed E-state index contributed by atoms with van der Waals surface area (Å²) < 4.78 is 1.65. The maximum absolute atomic E-state index is 12.8. The van der Waals surface area contributed by atoms with Gasteiger partial charge in [-0.3, -0.25) is 14.2 Å². The van der Waals surface area contributed by atoms with Crippen molar-refractivity contribution in [1.82, 2.24) is 9.55 Å². The van der Waals surface area contributed by atoms with E-state index in [2.05, 4.69) is 10.3 Å². The van der Waals surface area contributed by atoms with Crippen molar-refractivity contribution in [3.05, 3.63) is 63.9 Å². The molecule has 0 unspecified atom stereocenters. The van der Waals surface area contributed by atoms with Gasteiger partial charge in [0.25, 0.3) is 5.56 Å². The Morgan fingerprint density at radius 1 is 1.11 bits per heavy atom. The summed E-state index contributed by atoms with van der Waals surface area (Å²) in [5.41, 5.74) is 3.47. The minimum Gasteiger partial charge on any atom is -0.325 e. The lowest BCUT2D eigenvalue weighted by Crippen LogP contribution is -2.25. The summed E-state index contributed by atoms with van der Waals surface area (Å²) in [6.45, 7) is 7.82. The van der Waals surface area contributed by atoms with Crippen LogP contribution in [0.5, 0.6) is 0 Å². The van der Waals surface area contributed by atoms with Gasteiger partial charge in [-0.2, -0.15) is 0 Å². The molecule has 3 rings (SSSR count). The van der Waals surface area contributed by atoms with Gasteiger partial charge in [-0.05, 0) is 51.0 Å². The lowest BCUT2D eigenvalue weighted by atomic mass is 10.1. The first-order valence-electron chi connectivity index (χ1n) is 8.88. The zero-order valence-electron chi connectivity index (χ0n) is 15.9. The quantitative estimate of drug-likeness (QED) is 0.528. The Hall–Kier alpha value is -2.60. The van der Waals surface area contributed by atoms with Gasteiger partial charge in [0.05, 0.1) is 16.7 Å². The second-order valence-corrected chi connectivity index (χ2v) is 7.73. The molecular weight excluding hydrogens is 358 g/mol. The Bertz CT molecular complexity index is 1040. The van der Waals surface area contributed by atoms with Gasteiger partial charge in [0.2, 0.25) is 5.91 Å². The minimum atomic E-state index is -0.116. The highest BCUT2D eigenvalue weighted by atomic mass is 32.2. The molecule has 6 heteroatoms. The van der Waals surface area contributed by atoms with Crippen LogP contribution in [0.15, 0.2) is 52.4 Å². The molecule has 0 aliphatic carbocycles. The maximum Gasteiger partial charge on any atom is 0.262 e. The third kappa shape index (κ3) is 4.06. The molecule has 27 heavy (non-hydrogen) atoms. The second-order valence-electron chi connectivity index (χ2n) is 6.78. The Kier molecular flexibility index (Phi) is 5.65. The van der Waals surface area contributed by atoms with Crippen LogP contribution in [0.1, 0.15) is 31.0 Å². The summed E-state index contributed by atoms with van der Waals surface area (Å²) in [4.78, 5) is 29.9. The number of carbonyl (C=O) groups excluding carboxylic acids is 1. The Morgan fingerprint density at radius 3 is 2.44 bits per heavy atom. The molecule has 0 bridgehead atoms. The molecule has 0 saturated heterocycles. The van der Waals surface area contributed by atoms with Crippen LogP contribution in [0.25, 0.3) is 10.9 Å². The molecular formula is C21H23N3O2S. The van der Waals surface area contributed by atoms with E-state index < -0.39 is 0 Å². The number of nitrogens with zero attached hydrogens (tertiary/aromatic N) is 2. The van der Waals surface area contributed by atoms with E-state index in [4.69, 9.17) is 0 Å². The van der Waals surface area contributed by atoms with Crippen molar-refractivity contribution in [2.24, 2.45) is 0 Å². The number of para-hydroxylation sites is 2. The first-order chi connectivity index (χ1) is 12.9. The molecule has 0 aliphatic rings. The van der Waals surface area contributed by atoms with Gasteiger partial charge in [0.15, 0.2) is 5.16 Å². The zero-order chi connectivity index (χ0) is 19.6. The van der Waals surface area contributed by atoms with Crippen LogP contribution in [-0.2, 0) is 4.79 Å². The monoisotopic (exact) mass is 381 g/mol. The van der Waals surface area contributed by atoms with E-state index in [1.807, 2.05) is 64.1 Å². The maximum atomic E-state index is 12.8. The first kappa shape index (κ1) is 19.2. The van der Waals surface area contributed by atoms with Crippen LogP contribution in [0.3, 0.4) is 0 Å². The van der Waals surface area contributed by atoms with E-state index in [0.717, 1.165) is 16.8 Å². The van der Waals surface area contributed by atoms with E-state index in [1.54, 1.807) is 10.6 Å². The highest BCUT2D eigenvalue weighted by Gasteiger charge is 2.15. The van der Waals surface area contributed by atoms with Gasteiger partial charge in [0.1, 0.15) is 0 Å². The van der Waals surface area contributed by atoms with Crippen molar-refractivity contribution in [3.63, 3.8) is 0 Å². The molecule has 0 fully saturated rings. The fourth-order valence-corrected chi connectivity index (χ4v) is 3.93. The molecule has 2 aromatic carbocycles. The molecule has 0 spiro atoms. The molecule has 1 N–H and O–H groups in total. The fourth-order valence-electron chi connectivity index (χ4n) is 3.00. The average Bonchev–Trinajstić information content (AvgIpc) is 2.63. The zero-order valence-corrected chi connectivity index (χ0v) is 16.8. The normalized spacial score (nSPS) is 11.1. The lowest BCUT2D eigenvalue weighted by molar-refractivity contribution is -0.113. The highest BCUT2D eigenvalue weighted by Crippen LogP contribution is 2.23. The van der Waals surface area contributed by atoms with Crippen LogP contribution in [0.2, 0.25) is 0 Å².